The molecule has 1 aliphatic carbocycles. The second-order valence-electron chi connectivity index (χ2n) is 6.88. The van der Waals surface area contributed by atoms with Crippen LogP contribution >= 0.6 is 0 Å². The highest BCUT2D eigenvalue weighted by Gasteiger charge is 2.35. The number of hydrogen-bond donors (Lipinski definition) is 0. The van der Waals surface area contributed by atoms with Gasteiger partial charge in [-0.05, 0) is 46.2 Å². The maximum atomic E-state index is 2.44. The average Bonchev–Trinajstić information content (AvgIpc) is 2.68. The number of fused-ring (bicyclic) bond motifs is 3. The highest BCUT2D eigenvalue weighted by atomic mass is 14.4. The van der Waals surface area contributed by atoms with Gasteiger partial charge in [0, 0.05) is 5.41 Å². The second-order valence-corrected chi connectivity index (χ2v) is 6.88. The van der Waals surface area contributed by atoms with E-state index in [1.807, 2.05) is 0 Å². The minimum Gasteiger partial charge on any atom is -0.0651 e. The van der Waals surface area contributed by atoms with Crippen LogP contribution in [0.3, 0.4) is 0 Å². The smallest absolute Gasteiger partial charge is 0.0159 e. The van der Waals surface area contributed by atoms with Crippen molar-refractivity contribution in [2.75, 3.05) is 0 Å². The van der Waals surface area contributed by atoms with Crippen molar-refractivity contribution in [1.82, 2.24) is 0 Å². The van der Waals surface area contributed by atoms with Crippen molar-refractivity contribution in [3.05, 3.63) is 58.7 Å². The lowest BCUT2D eigenvalue weighted by atomic mass is 9.81. The van der Waals surface area contributed by atoms with E-state index >= 15 is 0 Å². The summed E-state index contributed by atoms with van der Waals surface area (Å²) in [6.45, 7) is 9.26. The first-order valence-corrected chi connectivity index (χ1v) is 8.35. The molecule has 0 saturated carbocycles. The fourth-order valence-corrected chi connectivity index (χ4v) is 3.72. The Labute approximate surface area is 129 Å². The predicted octanol–water partition coefficient (Wildman–Crippen LogP) is 5.90. The highest BCUT2D eigenvalue weighted by molar-refractivity contribution is 5.81. The lowest BCUT2D eigenvalue weighted by molar-refractivity contribution is 0.657. The van der Waals surface area contributed by atoms with Gasteiger partial charge in [0.1, 0.15) is 0 Å². The molecule has 1 aliphatic rings. The molecule has 0 radical (unpaired) electrons. The van der Waals surface area contributed by atoms with Gasteiger partial charge in [0.15, 0.2) is 0 Å². The van der Waals surface area contributed by atoms with Crippen LogP contribution < -0.4 is 0 Å². The van der Waals surface area contributed by atoms with Gasteiger partial charge in [-0.2, -0.15) is 0 Å². The maximum Gasteiger partial charge on any atom is 0.0159 e. The zero-order valence-corrected chi connectivity index (χ0v) is 13.8. The molecular weight excluding hydrogens is 252 g/mol. The summed E-state index contributed by atoms with van der Waals surface area (Å²) in [6, 6.07) is 14.2. The summed E-state index contributed by atoms with van der Waals surface area (Å²) >= 11 is 0. The molecule has 0 nitrogen and oxygen atoms in total. The SMILES string of the molecule is CCCc1ccc2c(c1)C(C)(C)c1cc(CCC)ccc1-2. The van der Waals surface area contributed by atoms with Gasteiger partial charge in [0.05, 0.1) is 0 Å². The molecule has 3 rings (SSSR count). The maximum absolute atomic E-state index is 2.44. The summed E-state index contributed by atoms with van der Waals surface area (Å²) in [5, 5.41) is 0. The number of hydrogen-bond acceptors (Lipinski definition) is 0. The summed E-state index contributed by atoms with van der Waals surface area (Å²) in [5.74, 6) is 0. The van der Waals surface area contributed by atoms with E-state index in [1.165, 1.54) is 59.1 Å². The molecule has 0 heterocycles. The zero-order chi connectivity index (χ0) is 15.0. The molecule has 0 aliphatic heterocycles. The average molecular weight is 278 g/mol. The predicted molar refractivity (Wildman–Crippen MR) is 92.0 cm³/mol. The molecule has 21 heavy (non-hydrogen) atoms. The molecule has 0 bridgehead atoms. The molecule has 0 N–H and O–H groups in total. The van der Waals surface area contributed by atoms with E-state index in [4.69, 9.17) is 0 Å². The van der Waals surface area contributed by atoms with E-state index in [0.29, 0.717) is 0 Å². The molecule has 0 fully saturated rings. The highest BCUT2D eigenvalue weighted by Crippen LogP contribution is 2.49. The van der Waals surface area contributed by atoms with Crippen molar-refractivity contribution in [3.63, 3.8) is 0 Å². The summed E-state index contributed by atoms with van der Waals surface area (Å²) in [6.07, 6.45) is 4.79. The standard InChI is InChI=1S/C21H26/c1-5-7-15-9-11-17-18-12-10-16(8-6-2)14-20(18)21(3,4)19(17)13-15/h9-14H,5-8H2,1-4H3. The van der Waals surface area contributed by atoms with Crippen molar-refractivity contribution >= 4 is 0 Å². The quantitative estimate of drug-likeness (QED) is 0.653. The molecule has 0 atom stereocenters. The van der Waals surface area contributed by atoms with E-state index in [2.05, 4.69) is 64.1 Å². The number of aryl methyl sites for hydroxylation is 2. The lowest BCUT2D eigenvalue weighted by Gasteiger charge is -2.22. The first-order valence-electron chi connectivity index (χ1n) is 8.35. The minimum absolute atomic E-state index is 0.137. The van der Waals surface area contributed by atoms with E-state index in [1.54, 1.807) is 0 Å². The van der Waals surface area contributed by atoms with Gasteiger partial charge in [-0.3, -0.25) is 0 Å². The Bertz CT molecular complexity index is 604. The van der Waals surface area contributed by atoms with E-state index < -0.39 is 0 Å². The monoisotopic (exact) mass is 278 g/mol. The first kappa shape index (κ1) is 14.4. The van der Waals surface area contributed by atoms with Gasteiger partial charge in [0.2, 0.25) is 0 Å². The van der Waals surface area contributed by atoms with Crippen LogP contribution in [0.1, 0.15) is 62.8 Å². The summed E-state index contributed by atoms with van der Waals surface area (Å²) < 4.78 is 0. The topological polar surface area (TPSA) is 0 Å². The van der Waals surface area contributed by atoms with Gasteiger partial charge in [-0.15, -0.1) is 0 Å². The Hall–Kier alpha value is -1.56. The van der Waals surface area contributed by atoms with Crippen molar-refractivity contribution in [2.45, 2.75) is 58.8 Å². The molecule has 0 spiro atoms. The number of benzene rings is 2. The third-order valence-corrected chi connectivity index (χ3v) is 4.88. The van der Waals surface area contributed by atoms with E-state index in [9.17, 15) is 0 Å². The fourth-order valence-electron chi connectivity index (χ4n) is 3.72. The second kappa shape index (κ2) is 5.33. The lowest BCUT2D eigenvalue weighted by Crippen LogP contribution is -2.15. The van der Waals surface area contributed by atoms with Crippen LogP contribution in [-0.4, -0.2) is 0 Å². The Morgan fingerprint density at radius 3 is 1.52 bits per heavy atom. The summed E-state index contributed by atoms with van der Waals surface area (Å²) in [7, 11) is 0. The van der Waals surface area contributed by atoms with Gasteiger partial charge < -0.3 is 0 Å². The van der Waals surface area contributed by atoms with Crippen LogP contribution in [0.5, 0.6) is 0 Å². The van der Waals surface area contributed by atoms with Gasteiger partial charge in [-0.25, -0.2) is 0 Å². The van der Waals surface area contributed by atoms with E-state index in [0.717, 1.165) is 0 Å². The van der Waals surface area contributed by atoms with Gasteiger partial charge >= 0.3 is 0 Å². The van der Waals surface area contributed by atoms with Crippen LogP contribution in [0.2, 0.25) is 0 Å². The molecular formula is C21H26. The summed E-state index contributed by atoms with van der Waals surface area (Å²) in [5.41, 5.74) is 9.00. The zero-order valence-electron chi connectivity index (χ0n) is 13.8. The Kier molecular flexibility index (Phi) is 3.65. The van der Waals surface area contributed by atoms with Crippen LogP contribution in [0, 0.1) is 0 Å². The van der Waals surface area contributed by atoms with Gasteiger partial charge in [0.25, 0.3) is 0 Å². The molecule has 0 amide bonds. The van der Waals surface area contributed by atoms with Crippen LogP contribution in [-0.2, 0) is 18.3 Å². The largest absolute Gasteiger partial charge is 0.0651 e. The fraction of sp³-hybridized carbons (Fsp3) is 0.429. The Morgan fingerprint density at radius 1 is 0.714 bits per heavy atom. The summed E-state index contributed by atoms with van der Waals surface area (Å²) in [4.78, 5) is 0. The molecule has 0 aromatic heterocycles. The minimum atomic E-state index is 0.137. The van der Waals surface area contributed by atoms with Crippen LogP contribution in [0.25, 0.3) is 11.1 Å². The number of rotatable bonds is 4. The molecule has 0 heteroatoms. The van der Waals surface area contributed by atoms with Crippen LogP contribution in [0.4, 0.5) is 0 Å². The molecule has 0 unspecified atom stereocenters. The third-order valence-electron chi connectivity index (χ3n) is 4.88. The van der Waals surface area contributed by atoms with Crippen molar-refractivity contribution < 1.29 is 0 Å². The molecule has 2 aromatic rings. The molecule has 2 aromatic carbocycles. The van der Waals surface area contributed by atoms with Crippen LogP contribution in [0.15, 0.2) is 36.4 Å². The molecule has 0 saturated heterocycles. The Balaban J connectivity index is 2.12. The van der Waals surface area contributed by atoms with E-state index in [-0.39, 0.29) is 5.41 Å². The third kappa shape index (κ3) is 2.31. The van der Waals surface area contributed by atoms with Crippen molar-refractivity contribution in [3.8, 4) is 11.1 Å². The van der Waals surface area contributed by atoms with Crippen molar-refractivity contribution in [2.24, 2.45) is 0 Å². The van der Waals surface area contributed by atoms with Gasteiger partial charge in [-0.1, -0.05) is 76.9 Å². The first-order chi connectivity index (χ1) is 10.1. The molecule has 110 valence electrons. The van der Waals surface area contributed by atoms with Crippen molar-refractivity contribution in [1.29, 1.82) is 0 Å². The Morgan fingerprint density at radius 2 is 1.14 bits per heavy atom. The normalized spacial score (nSPS) is 14.9.